The monoisotopic (exact) mass is 1710 g/mol. The summed E-state index contributed by atoms with van der Waals surface area (Å²) in [5.74, 6) is -131. The minimum absolute atomic E-state index is 0.479. The van der Waals surface area contributed by atoms with Gasteiger partial charge < -0.3 is 0 Å². The van der Waals surface area contributed by atoms with Crippen LogP contribution >= 0.6 is 0 Å². The first kappa shape index (κ1) is 80.1. The van der Waals surface area contributed by atoms with Crippen LogP contribution in [0.3, 0.4) is 0 Å². The predicted octanol–water partition coefficient (Wildman–Crippen LogP) is 22.7. The molecule has 0 aliphatic heterocycles. The molecule has 0 unspecified atom stereocenters. The molecule has 0 aliphatic carbocycles. The summed E-state index contributed by atoms with van der Waals surface area (Å²) >= 11 is 0. The standard InChI is InChI=1S/C64BF36.C14H21F2N/c66-29-9-1-5-17(33(29)70)49(86)61(98)53(90)21(5)41(78)37(74)13(1)45(82)57(94)25(9)65(26-10-2-6-18(34(71)30(10)67)50(87)62(99)54(91)22(6)42(79)38(75)14(2)46(83)58(26)95,27-11-3-7-19(35(72)31(11)68)51(88)63(100)55(92)23(7)43(80)39(76)15(3)47(84)59(27)96)28-12-4-8-20(36(73)32(12)69)52(89)64(101)56(93)24(8)44(81)40(77)16(4)48(85)60(28)97;1-3-5-10-17(11-6-4-2)13-9-7-8-12(15)14(13)16/h;7-9H,3-6,10-11H2,1-2H3/q-1;/p+1. The molecule has 0 saturated carbocycles. The summed E-state index contributed by atoms with van der Waals surface area (Å²) in [4.78, 5) is 1.06. The molecule has 1 N–H and O–H groups in total. The van der Waals surface area contributed by atoms with Crippen molar-refractivity contribution in [2.24, 2.45) is 0 Å². The van der Waals surface area contributed by atoms with Crippen molar-refractivity contribution in [3.8, 4) is 0 Å². The fourth-order valence-corrected chi connectivity index (χ4v) is 17.1. The second kappa shape index (κ2) is 26.6. The van der Waals surface area contributed by atoms with Crippen molar-refractivity contribution < 1.29 is 172 Å². The van der Waals surface area contributed by atoms with Gasteiger partial charge in [0.05, 0.1) is 77.7 Å². The van der Waals surface area contributed by atoms with Gasteiger partial charge >= 0.3 is 0 Å². The second-order valence-electron chi connectivity index (χ2n) is 27.2. The van der Waals surface area contributed by atoms with Crippen LogP contribution in [0.2, 0.25) is 0 Å². The third-order valence-electron chi connectivity index (χ3n) is 21.8. The Kier molecular flexibility index (Phi) is 18.1. The Labute approximate surface area is 624 Å². The SMILES string of the molecule is CCCC[NH+](CCCC)c1cccc(F)c1F.Fc1c(F)c2c(F)c(F)c3c(F)c(F)c([B-](c4c(F)c(F)c5c(F)c(F)c6c(F)c(F)c(F)c7c(F)c(F)c4c5c67)(c4c(F)c(F)c5c(F)c(F)c6c(F)c(F)c(F)c7c(F)c(F)c4c5c67)c4c(F)c(F)c5c(F)c(F)c6c(F)c(F)c(F)c7c(F)c(F)c4c5c67)c4c(F)c(F)c(c1F)c2c34. The van der Waals surface area contributed by atoms with Crippen molar-refractivity contribution in [2.75, 3.05) is 13.1 Å². The maximum absolute atomic E-state index is 19.3. The molecule has 17 aromatic carbocycles. The largest absolute Gasteiger partial charge is 0.300 e. The van der Waals surface area contributed by atoms with Crippen LogP contribution in [0.25, 0.3) is 129 Å². The molecular formula is C78H22BF38N. The average Bonchev–Trinajstić information content (AvgIpc) is 0.646. The van der Waals surface area contributed by atoms with Crippen LogP contribution < -0.4 is 26.8 Å². The normalized spacial score (nSPS) is 12.7. The lowest BCUT2D eigenvalue weighted by Crippen LogP contribution is -3.07. The van der Waals surface area contributed by atoms with E-state index >= 15 is 158 Å². The highest BCUT2D eigenvalue weighted by molar-refractivity contribution is 7.23. The molecule has 0 heterocycles. The lowest BCUT2D eigenvalue weighted by molar-refractivity contribution is -0.834. The predicted molar refractivity (Wildman–Crippen MR) is 350 cm³/mol. The summed E-state index contributed by atoms with van der Waals surface area (Å²) in [6.07, 6.45) is -4.28. The average molecular weight is 1710 g/mol. The Balaban J connectivity index is 0.000000547. The quantitative estimate of drug-likeness (QED) is 0.0570. The molecule has 0 spiro atoms. The fourth-order valence-electron chi connectivity index (χ4n) is 17.1. The number of nitrogens with one attached hydrogen (secondary N) is 1. The van der Waals surface area contributed by atoms with E-state index in [-0.39, 0.29) is 0 Å². The number of benzene rings is 17. The molecule has 0 fully saturated rings. The topological polar surface area (TPSA) is 4.44 Å². The maximum Gasteiger partial charge on any atom is 0.219 e. The van der Waals surface area contributed by atoms with Gasteiger partial charge in [0.2, 0.25) is 5.82 Å². The number of hydrogen-bond donors (Lipinski definition) is 1. The van der Waals surface area contributed by atoms with E-state index in [0.29, 0.717) is 5.69 Å². The summed E-state index contributed by atoms with van der Waals surface area (Å²) in [5, 5.41) is -71.3. The molecule has 40 heteroatoms. The number of hydrogen-bond acceptors (Lipinski definition) is 0. The lowest BCUT2D eigenvalue weighted by atomic mass is 9.11. The number of rotatable bonds is 11. The Bertz CT molecular complexity index is 6590. The van der Waals surface area contributed by atoms with E-state index in [1.54, 1.807) is 12.1 Å². The Morgan fingerprint density at radius 3 is 0.508 bits per heavy atom. The van der Waals surface area contributed by atoms with E-state index < -0.39 is 378 Å². The highest BCUT2D eigenvalue weighted by atomic mass is 19.2. The zero-order chi connectivity index (χ0) is 86.1. The van der Waals surface area contributed by atoms with Gasteiger partial charge in [-0.15, -0.1) is 21.9 Å². The molecular weight excluding hydrogens is 1680 g/mol. The zero-order valence-corrected chi connectivity index (χ0v) is 56.9. The fraction of sp³-hybridized carbons (Fsp3) is 0.103. The molecule has 0 atom stereocenters. The van der Waals surface area contributed by atoms with Gasteiger partial charge in [-0.05, 0) is 40.5 Å². The molecule has 1 nitrogen and oxygen atoms in total. The van der Waals surface area contributed by atoms with Gasteiger partial charge in [-0.25, -0.2) is 162 Å². The van der Waals surface area contributed by atoms with Gasteiger partial charge in [-0.3, -0.25) is 4.90 Å². The highest BCUT2D eigenvalue weighted by Crippen LogP contribution is 2.54. The van der Waals surface area contributed by atoms with Crippen LogP contribution in [0, 0.1) is 221 Å². The van der Waals surface area contributed by atoms with Gasteiger partial charge in [0.15, 0.2) is 198 Å². The van der Waals surface area contributed by atoms with Gasteiger partial charge in [-0.2, -0.15) is 4.39 Å². The molecule has 118 heavy (non-hydrogen) atoms. The van der Waals surface area contributed by atoms with Crippen molar-refractivity contribution in [3.05, 3.63) is 239 Å². The van der Waals surface area contributed by atoms with Crippen molar-refractivity contribution in [1.82, 2.24) is 0 Å². The number of quaternary nitrogens is 1. The summed E-state index contributed by atoms with van der Waals surface area (Å²) in [5.41, 5.74) is -15.4. The first-order valence-corrected chi connectivity index (χ1v) is 33.5. The smallest absolute Gasteiger partial charge is 0.219 e. The van der Waals surface area contributed by atoms with Crippen molar-refractivity contribution in [2.45, 2.75) is 39.5 Å². The van der Waals surface area contributed by atoms with Crippen molar-refractivity contribution in [3.63, 3.8) is 0 Å². The van der Waals surface area contributed by atoms with Crippen molar-refractivity contribution in [1.29, 1.82) is 0 Å². The molecule has 608 valence electrons. The summed E-state index contributed by atoms with van der Waals surface area (Å²) < 4.78 is 648. The first-order chi connectivity index (χ1) is 55.5. The molecule has 0 saturated heterocycles. The number of halogens is 38. The van der Waals surface area contributed by atoms with Crippen LogP contribution in [0.5, 0.6) is 0 Å². The molecule has 0 amide bonds. The van der Waals surface area contributed by atoms with E-state index in [4.69, 9.17) is 0 Å². The van der Waals surface area contributed by atoms with Gasteiger partial charge in [0, 0.05) is 49.2 Å². The van der Waals surface area contributed by atoms with E-state index in [1.165, 1.54) is 6.07 Å². The maximum atomic E-state index is 19.3. The Morgan fingerprint density at radius 2 is 0.331 bits per heavy atom. The van der Waals surface area contributed by atoms with Gasteiger partial charge in [0.1, 0.15) is 29.4 Å². The minimum atomic E-state index is -8.50. The van der Waals surface area contributed by atoms with Crippen LogP contribution in [0.1, 0.15) is 39.5 Å². The summed E-state index contributed by atoms with van der Waals surface area (Å²) in [6, 6.07) is 4.46. The molecule has 0 radical (unpaired) electrons. The minimum Gasteiger partial charge on any atom is -0.300 e. The zero-order valence-electron chi connectivity index (χ0n) is 56.9. The molecule has 0 bridgehead atoms. The van der Waals surface area contributed by atoms with E-state index in [9.17, 15) is 8.78 Å². The number of unbranched alkanes of at least 4 members (excludes halogenated alkanes) is 2. The van der Waals surface area contributed by atoms with Gasteiger partial charge in [-0.1, -0.05) is 32.8 Å². The van der Waals surface area contributed by atoms with E-state index in [2.05, 4.69) is 13.8 Å². The van der Waals surface area contributed by atoms with Gasteiger partial charge in [0.25, 0.3) is 0 Å². The summed E-state index contributed by atoms with van der Waals surface area (Å²) in [7, 11) is 0. The highest BCUT2D eigenvalue weighted by Gasteiger charge is 2.53. The van der Waals surface area contributed by atoms with Crippen LogP contribution in [-0.4, -0.2) is 19.2 Å². The molecule has 17 rings (SSSR count). The second-order valence-corrected chi connectivity index (χ2v) is 27.2. The Hall–Kier alpha value is -11.7. The lowest BCUT2D eigenvalue weighted by Gasteiger charge is -2.48. The third kappa shape index (κ3) is 9.49. The van der Waals surface area contributed by atoms with Crippen LogP contribution in [0.15, 0.2) is 18.2 Å². The third-order valence-corrected chi connectivity index (χ3v) is 21.8. The molecule has 0 aromatic heterocycles. The van der Waals surface area contributed by atoms with Crippen LogP contribution in [-0.2, 0) is 0 Å². The Morgan fingerprint density at radius 1 is 0.178 bits per heavy atom. The van der Waals surface area contributed by atoms with E-state index in [1.807, 2.05) is 0 Å². The summed E-state index contributed by atoms with van der Waals surface area (Å²) in [6.45, 7) is 5.96. The molecule has 0 aliphatic rings. The first-order valence-electron chi connectivity index (χ1n) is 33.5. The van der Waals surface area contributed by atoms with Crippen molar-refractivity contribution >= 4 is 163 Å². The molecule has 17 aromatic rings. The van der Waals surface area contributed by atoms with E-state index in [0.717, 1.165) is 43.7 Å². The van der Waals surface area contributed by atoms with Crippen LogP contribution in [0.4, 0.5) is 173 Å².